The lowest BCUT2D eigenvalue weighted by Gasteiger charge is -2.22. The van der Waals surface area contributed by atoms with Crippen LogP contribution in [-0.2, 0) is 8.92 Å². The number of ether oxygens (including phenoxy) is 1. The third-order valence-electron chi connectivity index (χ3n) is 1.96. The van der Waals surface area contributed by atoms with Crippen molar-refractivity contribution >= 4 is 19.0 Å². The Morgan fingerprint density at radius 2 is 2.07 bits per heavy atom. The molecule has 4 nitrogen and oxygen atoms in total. The minimum Gasteiger partial charge on any atom is -0.444 e. The molecule has 0 radical (unpaired) electrons. The Hall–Kier alpha value is -0.420. The van der Waals surface area contributed by atoms with E-state index in [4.69, 9.17) is 8.92 Å². The van der Waals surface area contributed by atoms with Gasteiger partial charge in [-0.2, -0.15) is 0 Å². The van der Waals surface area contributed by atoms with E-state index in [1.165, 1.54) is 0 Å². The van der Waals surface area contributed by atoms with E-state index in [9.17, 15) is 4.79 Å². The van der Waals surface area contributed by atoms with Crippen molar-refractivity contribution in [1.82, 2.24) is 5.32 Å². The molecule has 1 fully saturated rings. The summed E-state index contributed by atoms with van der Waals surface area (Å²) in [5.41, 5.74) is -0.688. The average Bonchev–Trinajstić information content (AvgIpc) is 2.64. The van der Waals surface area contributed by atoms with Crippen LogP contribution in [0.1, 0.15) is 33.6 Å². The monoisotopic (exact) mass is 219 g/mol. The van der Waals surface area contributed by atoms with Gasteiger partial charge in [0.25, 0.3) is 0 Å². The summed E-state index contributed by atoms with van der Waals surface area (Å²) in [6, 6.07) is 0. The first-order valence-corrected chi connectivity index (χ1v) is 5.01. The number of nitrogens with one attached hydrogen (secondary N) is 1. The zero-order chi connectivity index (χ0) is 10.8. The number of amides is 1. The van der Waals surface area contributed by atoms with E-state index >= 15 is 0 Å². The molecular formula is C9H17NO3S. The second kappa shape index (κ2) is 3.98. The maximum absolute atomic E-state index is 11.4. The molecule has 0 aromatic heterocycles. The average molecular weight is 219 g/mol. The highest BCUT2D eigenvalue weighted by atomic mass is 32.1. The fourth-order valence-corrected chi connectivity index (χ4v) is 1.35. The molecule has 1 aliphatic rings. The maximum Gasteiger partial charge on any atom is 0.408 e. The lowest BCUT2D eigenvalue weighted by atomic mass is 10.2. The van der Waals surface area contributed by atoms with Gasteiger partial charge in [0.2, 0.25) is 0 Å². The van der Waals surface area contributed by atoms with Gasteiger partial charge in [0.15, 0.2) is 0 Å². The van der Waals surface area contributed by atoms with Crippen LogP contribution in [0, 0.1) is 0 Å². The molecule has 14 heavy (non-hydrogen) atoms. The highest BCUT2D eigenvalue weighted by molar-refractivity contribution is 7.75. The van der Waals surface area contributed by atoms with Crippen molar-refractivity contribution in [2.75, 3.05) is 6.61 Å². The highest BCUT2D eigenvalue weighted by Gasteiger charge is 2.45. The molecule has 0 atom stereocenters. The fraction of sp³-hybridized carbons (Fsp3) is 0.889. The first kappa shape index (κ1) is 11.7. The number of carbonyl (C=O) groups is 1. The molecule has 0 spiro atoms. The Morgan fingerprint density at radius 3 is 2.43 bits per heavy atom. The van der Waals surface area contributed by atoms with Gasteiger partial charge in [-0.1, -0.05) is 0 Å². The van der Waals surface area contributed by atoms with E-state index in [1.54, 1.807) is 0 Å². The Kier molecular flexibility index (Phi) is 3.32. The molecule has 82 valence electrons. The lowest BCUT2D eigenvalue weighted by molar-refractivity contribution is 0.0481. The van der Waals surface area contributed by atoms with Crippen molar-refractivity contribution in [3.05, 3.63) is 0 Å². The normalized spacial score (nSPS) is 18.9. The maximum atomic E-state index is 11.4. The molecule has 0 aromatic rings. The van der Waals surface area contributed by atoms with Crippen LogP contribution in [0.15, 0.2) is 0 Å². The Bertz CT molecular complexity index is 221. The predicted octanol–water partition coefficient (Wildman–Crippen LogP) is 1.91. The molecule has 0 aliphatic heterocycles. The van der Waals surface area contributed by atoms with Crippen molar-refractivity contribution in [1.29, 1.82) is 0 Å². The summed E-state index contributed by atoms with van der Waals surface area (Å²) in [4.78, 5) is 11.4. The standard InChI is InChI=1S/C9H17NO3S/c1-8(2,3)13-7(11)10-9(4-5-9)6-12-14/h14H,4-6H2,1-3H3,(H,10,11). The van der Waals surface area contributed by atoms with E-state index in [-0.39, 0.29) is 11.6 Å². The van der Waals surface area contributed by atoms with Crippen molar-refractivity contribution in [2.24, 2.45) is 0 Å². The summed E-state index contributed by atoms with van der Waals surface area (Å²) in [6.07, 6.45) is 1.46. The molecular weight excluding hydrogens is 202 g/mol. The number of thiol groups is 1. The summed E-state index contributed by atoms with van der Waals surface area (Å²) in [7, 11) is 0. The van der Waals surface area contributed by atoms with E-state index < -0.39 is 5.60 Å². The molecule has 1 saturated carbocycles. The number of hydrogen-bond donors (Lipinski definition) is 2. The zero-order valence-corrected chi connectivity index (χ0v) is 9.69. The topological polar surface area (TPSA) is 47.6 Å². The molecule has 0 heterocycles. The number of rotatable bonds is 3. The number of alkyl carbamates (subject to hydrolysis) is 1. The van der Waals surface area contributed by atoms with Crippen molar-refractivity contribution in [2.45, 2.75) is 44.8 Å². The van der Waals surface area contributed by atoms with Crippen LogP contribution in [-0.4, -0.2) is 23.8 Å². The SMILES string of the molecule is CC(C)(C)OC(=O)NC1(COS)CC1. The molecule has 1 amide bonds. The van der Waals surface area contributed by atoms with Gasteiger partial charge in [-0.05, 0) is 46.5 Å². The first-order valence-electron chi connectivity index (χ1n) is 4.64. The Balaban J connectivity index is 2.34. The van der Waals surface area contributed by atoms with Gasteiger partial charge in [-0.15, -0.1) is 0 Å². The predicted molar refractivity (Wildman–Crippen MR) is 56.3 cm³/mol. The van der Waals surface area contributed by atoms with Crippen molar-refractivity contribution in [3.63, 3.8) is 0 Å². The van der Waals surface area contributed by atoms with E-state index in [0.29, 0.717) is 6.61 Å². The molecule has 0 aromatic carbocycles. The van der Waals surface area contributed by atoms with Gasteiger partial charge in [-0.3, -0.25) is 0 Å². The Morgan fingerprint density at radius 1 is 1.50 bits per heavy atom. The van der Waals surface area contributed by atoms with Gasteiger partial charge < -0.3 is 14.2 Å². The van der Waals surface area contributed by atoms with Crippen LogP contribution in [0.25, 0.3) is 0 Å². The molecule has 0 saturated heterocycles. The minimum absolute atomic E-state index is 0.232. The third kappa shape index (κ3) is 3.75. The van der Waals surface area contributed by atoms with Gasteiger partial charge >= 0.3 is 6.09 Å². The van der Waals surface area contributed by atoms with Crippen LogP contribution < -0.4 is 5.32 Å². The lowest BCUT2D eigenvalue weighted by Crippen LogP contribution is -2.42. The third-order valence-corrected chi connectivity index (χ3v) is 2.09. The van der Waals surface area contributed by atoms with Crippen LogP contribution in [0.5, 0.6) is 0 Å². The van der Waals surface area contributed by atoms with Crippen molar-refractivity contribution in [3.8, 4) is 0 Å². The summed E-state index contributed by atoms with van der Waals surface area (Å²) >= 11 is 3.67. The second-order valence-corrected chi connectivity index (χ2v) is 4.94. The van der Waals surface area contributed by atoms with E-state index in [1.807, 2.05) is 20.8 Å². The molecule has 0 unspecified atom stereocenters. The minimum atomic E-state index is -0.456. The van der Waals surface area contributed by atoms with E-state index in [0.717, 1.165) is 12.8 Å². The van der Waals surface area contributed by atoms with E-state index in [2.05, 4.69) is 18.2 Å². The van der Waals surface area contributed by atoms with Crippen molar-refractivity contribution < 1.29 is 13.7 Å². The van der Waals surface area contributed by atoms with Crippen LogP contribution in [0.4, 0.5) is 4.79 Å². The smallest absolute Gasteiger partial charge is 0.408 e. The second-order valence-electron chi connectivity index (χ2n) is 4.68. The van der Waals surface area contributed by atoms with Gasteiger partial charge in [0.1, 0.15) is 5.60 Å². The van der Waals surface area contributed by atoms with Crippen LogP contribution in [0.3, 0.4) is 0 Å². The number of carbonyl (C=O) groups excluding carboxylic acids is 1. The summed E-state index contributed by atoms with van der Waals surface area (Å²) in [5, 5.41) is 2.79. The summed E-state index contributed by atoms with van der Waals surface area (Å²) in [6.45, 7) is 5.93. The summed E-state index contributed by atoms with van der Waals surface area (Å²) < 4.78 is 9.85. The molecule has 0 bridgehead atoms. The van der Waals surface area contributed by atoms with Crippen LogP contribution >= 0.6 is 12.9 Å². The molecule has 1 N–H and O–H groups in total. The quantitative estimate of drug-likeness (QED) is 0.563. The van der Waals surface area contributed by atoms with Crippen LogP contribution in [0.2, 0.25) is 0 Å². The fourth-order valence-electron chi connectivity index (χ4n) is 1.10. The molecule has 1 rings (SSSR count). The van der Waals surface area contributed by atoms with Gasteiger partial charge in [0.05, 0.1) is 12.1 Å². The number of hydrogen-bond acceptors (Lipinski definition) is 4. The summed E-state index contributed by atoms with van der Waals surface area (Å²) in [5.74, 6) is 0. The first-order chi connectivity index (χ1) is 6.37. The van der Waals surface area contributed by atoms with Gasteiger partial charge in [0, 0.05) is 0 Å². The molecule has 1 aliphatic carbocycles. The molecule has 5 heteroatoms. The Labute approximate surface area is 90.0 Å². The highest BCUT2D eigenvalue weighted by Crippen LogP contribution is 2.36. The van der Waals surface area contributed by atoms with Gasteiger partial charge in [-0.25, -0.2) is 4.79 Å². The zero-order valence-electron chi connectivity index (χ0n) is 8.79. The largest absolute Gasteiger partial charge is 0.444 e.